The van der Waals surface area contributed by atoms with E-state index in [9.17, 15) is 4.79 Å². The van der Waals surface area contributed by atoms with Crippen molar-refractivity contribution >= 4 is 5.91 Å². The first-order valence-electron chi connectivity index (χ1n) is 5.59. The van der Waals surface area contributed by atoms with Crippen molar-refractivity contribution in [2.75, 3.05) is 13.2 Å². The lowest BCUT2D eigenvalue weighted by molar-refractivity contribution is -0.122. The van der Waals surface area contributed by atoms with Gasteiger partial charge in [-0.3, -0.25) is 9.48 Å². The van der Waals surface area contributed by atoms with E-state index in [2.05, 4.69) is 10.4 Å². The number of aliphatic hydroxyl groups excluding tert-OH is 2. The van der Waals surface area contributed by atoms with Crippen LogP contribution in [0.25, 0.3) is 0 Å². The first-order valence-corrected chi connectivity index (χ1v) is 5.59. The van der Waals surface area contributed by atoms with Crippen LogP contribution in [0.3, 0.4) is 0 Å². The minimum atomic E-state index is -0.581. The lowest BCUT2D eigenvalue weighted by atomic mass is 10.3. The zero-order valence-corrected chi connectivity index (χ0v) is 10.2. The summed E-state index contributed by atoms with van der Waals surface area (Å²) in [6.07, 6.45) is 0.276. The molecular weight excluding hydrogens is 222 g/mol. The monoisotopic (exact) mass is 241 g/mol. The topological polar surface area (TPSA) is 87.4 Å². The normalized spacial score (nSPS) is 10.9. The Balaban J connectivity index is 2.40. The van der Waals surface area contributed by atoms with Crippen LogP contribution in [0.4, 0.5) is 0 Å². The fourth-order valence-corrected chi connectivity index (χ4v) is 1.56. The van der Waals surface area contributed by atoms with Crippen LogP contribution in [-0.2, 0) is 11.3 Å². The smallest absolute Gasteiger partial charge is 0.222 e. The summed E-state index contributed by atoms with van der Waals surface area (Å²) in [4.78, 5) is 11.5. The number of nitrogens with zero attached hydrogens (tertiary/aromatic N) is 2. The van der Waals surface area contributed by atoms with Crippen LogP contribution < -0.4 is 5.32 Å². The Labute approximate surface area is 100 Å². The number of aliphatic hydroxyl groups is 2. The van der Waals surface area contributed by atoms with Crippen molar-refractivity contribution in [1.82, 2.24) is 15.1 Å². The Morgan fingerprint density at radius 2 is 2.12 bits per heavy atom. The lowest BCUT2D eigenvalue weighted by Crippen LogP contribution is -2.40. The Hall–Kier alpha value is -1.40. The molecule has 0 fully saturated rings. The molecule has 0 spiro atoms. The second-order valence-electron chi connectivity index (χ2n) is 4.03. The molecule has 6 nitrogen and oxygen atoms in total. The van der Waals surface area contributed by atoms with Gasteiger partial charge in [-0.15, -0.1) is 0 Å². The largest absolute Gasteiger partial charge is 0.394 e. The van der Waals surface area contributed by atoms with Gasteiger partial charge < -0.3 is 15.5 Å². The summed E-state index contributed by atoms with van der Waals surface area (Å²) >= 11 is 0. The number of carbonyl (C=O) groups is 1. The first kappa shape index (κ1) is 13.7. The molecule has 0 aliphatic rings. The van der Waals surface area contributed by atoms with Crippen molar-refractivity contribution in [1.29, 1.82) is 0 Å². The number of amides is 1. The van der Waals surface area contributed by atoms with Gasteiger partial charge in [0.2, 0.25) is 5.91 Å². The van der Waals surface area contributed by atoms with Gasteiger partial charge in [0.25, 0.3) is 0 Å². The number of hydrogen-bond acceptors (Lipinski definition) is 4. The molecule has 1 aromatic rings. The highest BCUT2D eigenvalue weighted by Gasteiger charge is 2.10. The Morgan fingerprint density at radius 3 is 2.59 bits per heavy atom. The van der Waals surface area contributed by atoms with Gasteiger partial charge in [0.1, 0.15) is 0 Å². The maximum atomic E-state index is 11.5. The molecule has 0 unspecified atom stereocenters. The van der Waals surface area contributed by atoms with E-state index in [1.165, 1.54) is 0 Å². The first-order chi connectivity index (χ1) is 8.06. The van der Waals surface area contributed by atoms with E-state index in [0.717, 1.165) is 11.4 Å². The number of aryl methyl sites for hydroxylation is 3. The molecule has 0 aromatic carbocycles. The minimum Gasteiger partial charge on any atom is -0.394 e. The molecule has 17 heavy (non-hydrogen) atoms. The quantitative estimate of drug-likeness (QED) is 0.618. The van der Waals surface area contributed by atoms with Crippen LogP contribution in [0.15, 0.2) is 6.07 Å². The number of rotatable bonds is 6. The Morgan fingerprint density at radius 1 is 1.47 bits per heavy atom. The molecule has 3 N–H and O–H groups in total. The number of hydrogen-bond donors (Lipinski definition) is 3. The predicted octanol–water partition coefficient (Wildman–Crippen LogP) is -0.641. The number of aromatic nitrogens is 2. The molecule has 1 amide bonds. The average molecular weight is 241 g/mol. The van der Waals surface area contributed by atoms with Gasteiger partial charge in [0.15, 0.2) is 0 Å². The van der Waals surface area contributed by atoms with Crippen LogP contribution in [0.5, 0.6) is 0 Å². The van der Waals surface area contributed by atoms with Crippen molar-refractivity contribution in [2.24, 2.45) is 0 Å². The highest BCUT2D eigenvalue weighted by atomic mass is 16.3. The average Bonchev–Trinajstić information content (AvgIpc) is 2.62. The number of carbonyl (C=O) groups excluding carboxylic acids is 1. The predicted molar refractivity (Wildman–Crippen MR) is 62.4 cm³/mol. The second kappa shape index (κ2) is 6.36. The molecule has 1 rings (SSSR count). The summed E-state index contributed by atoms with van der Waals surface area (Å²) in [5.74, 6) is -0.203. The van der Waals surface area contributed by atoms with Gasteiger partial charge in [-0.05, 0) is 19.9 Å². The zero-order chi connectivity index (χ0) is 12.8. The Bertz CT molecular complexity index is 372. The second-order valence-corrected chi connectivity index (χ2v) is 4.03. The van der Waals surface area contributed by atoms with Crippen molar-refractivity contribution in [3.8, 4) is 0 Å². The fourth-order valence-electron chi connectivity index (χ4n) is 1.56. The van der Waals surface area contributed by atoms with E-state index in [0.29, 0.717) is 6.54 Å². The van der Waals surface area contributed by atoms with Crippen molar-refractivity contribution in [2.45, 2.75) is 32.9 Å². The van der Waals surface area contributed by atoms with Crippen LogP contribution in [0.1, 0.15) is 17.8 Å². The summed E-state index contributed by atoms with van der Waals surface area (Å²) in [7, 11) is 0. The summed E-state index contributed by atoms with van der Waals surface area (Å²) in [6, 6.07) is 1.37. The minimum absolute atomic E-state index is 0.203. The van der Waals surface area contributed by atoms with Gasteiger partial charge in [0, 0.05) is 18.7 Å². The van der Waals surface area contributed by atoms with Crippen LogP contribution in [-0.4, -0.2) is 45.2 Å². The standard InChI is InChI=1S/C11H19N3O3/c1-8-5-9(2)14(13-8)4-3-11(17)12-10(6-15)7-16/h5,10,15-16H,3-4,6-7H2,1-2H3,(H,12,17). The van der Waals surface area contributed by atoms with Gasteiger partial charge in [-0.2, -0.15) is 5.10 Å². The molecule has 0 saturated heterocycles. The van der Waals surface area contributed by atoms with Crippen LogP contribution in [0, 0.1) is 13.8 Å². The molecule has 1 heterocycles. The Kier molecular flexibility index (Phi) is 5.11. The molecule has 0 radical (unpaired) electrons. The molecule has 0 saturated carbocycles. The van der Waals surface area contributed by atoms with E-state index >= 15 is 0 Å². The molecule has 0 aliphatic heterocycles. The highest BCUT2D eigenvalue weighted by molar-refractivity contribution is 5.76. The molecule has 0 bridgehead atoms. The van der Waals surface area contributed by atoms with Gasteiger partial charge in [-0.1, -0.05) is 0 Å². The lowest BCUT2D eigenvalue weighted by Gasteiger charge is -2.13. The van der Waals surface area contributed by atoms with Gasteiger partial charge in [-0.25, -0.2) is 0 Å². The van der Waals surface area contributed by atoms with Crippen molar-refractivity contribution in [3.05, 3.63) is 17.5 Å². The molecular formula is C11H19N3O3. The van der Waals surface area contributed by atoms with E-state index in [1.54, 1.807) is 4.68 Å². The van der Waals surface area contributed by atoms with Gasteiger partial charge in [0.05, 0.1) is 24.9 Å². The third-order valence-corrected chi connectivity index (χ3v) is 2.46. The fraction of sp³-hybridized carbons (Fsp3) is 0.636. The highest BCUT2D eigenvalue weighted by Crippen LogP contribution is 2.02. The van der Waals surface area contributed by atoms with Gasteiger partial charge >= 0.3 is 0 Å². The summed E-state index contributed by atoms with van der Waals surface area (Å²) in [5, 5.41) is 24.4. The SMILES string of the molecule is Cc1cc(C)n(CCC(=O)NC(CO)CO)n1. The summed E-state index contributed by atoms with van der Waals surface area (Å²) < 4.78 is 1.77. The van der Waals surface area contributed by atoms with Crippen molar-refractivity contribution in [3.63, 3.8) is 0 Å². The molecule has 96 valence electrons. The third-order valence-electron chi connectivity index (χ3n) is 2.46. The molecule has 6 heteroatoms. The number of nitrogens with one attached hydrogen (secondary N) is 1. The van der Waals surface area contributed by atoms with Crippen molar-refractivity contribution < 1.29 is 15.0 Å². The maximum Gasteiger partial charge on any atom is 0.222 e. The van der Waals surface area contributed by atoms with Crippen LogP contribution >= 0.6 is 0 Å². The summed E-state index contributed by atoms with van der Waals surface area (Å²) in [6.45, 7) is 3.80. The molecule has 0 aliphatic carbocycles. The zero-order valence-electron chi connectivity index (χ0n) is 10.2. The van der Waals surface area contributed by atoms with E-state index in [4.69, 9.17) is 10.2 Å². The summed E-state index contributed by atoms with van der Waals surface area (Å²) in [5.41, 5.74) is 1.93. The third kappa shape index (κ3) is 4.16. The van der Waals surface area contributed by atoms with Crippen LogP contribution in [0.2, 0.25) is 0 Å². The molecule has 0 atom stereocenters. The molecule has 1 aromatic heterocycles. The van der Waals surface area contributed by atoms with E-state index in [-0.39, 0.29) is 25.5 Å². The van der Waals surface area contributed by atoms with E-state index < -0.39 is 6.04 Å². The van der Waals surface area contributed by atoms with E-state index in [1.807, 2.05) is 19.9 Å². The maximum absolute atomic E-state index is 11.5.